The number of nitrogens with two attached hydrogens (primary N) is 1. The van der Waals surface area contributed by atoms with Gasteiger partial charge in [-0.2, -0.15) is 0 Å². The van der Waals surface area contributed by atoms with Crippen LogP contribution in [0.3, 0.4) is 0 Å². The van der Waals surface area contributed by atoms with E-state index >= 15 is 0 Å². The minimum atomic E-state index is -3.43. The van der Waals surface area contributed by atoms with Crippen molar-refractivity contribution in [3.63, 3.8) is 0 Å². The lowest BCUT2D eigenvalue weighted by Crippen LogP contribution is -2.23. The first kappa shape index (κ1) is 13.8. The molecule has 7 heteroatoms. The van der Waals surface area contributed by atoms with Crippen LogP contribution in [0.5, 0.6) is 0 Å². The van der Waals surface area contributed by atoms with Crippen molar-refractivity contribution in [2.75, 3.05) is 39.4 Å². The fourth-order valence-electron chi connectivity index (χ4n) is 1.24. The molecule has 0 heterocycles. The number of nitrogens with zero attached hydrogens (tertiary/aromatic N) is 2. The number of rotatable bonds is 4. The molecule has 0 atom stereocenters. The zero-order chi connectivity index (χ0) is 13.2. The molecule has 0 aliphatic carbocycles. The van der Waals surface area contributed by atoms with Gasteiger partial charge in [-0.15, -0.1) is 0 Å². The van der Waals surface area contributed by atoms with Gasteiger partial charge < -0.3 is 11.2 Å². The van der Waals surface area contributed by atoms with Gasteiger partial charge in [0.2, 0.25) is 10.0 Å². The zero-order valence-electron chi connectivity index (χ0n) is 10.4. The molecule has 0 amide bonds. The molecule has 3 N–H and O–H groups in total. The molecule has 0 spiro atoms. The molecule has 1 rings (SSSR count). The van der Waals surface area contributed by atoms with E-state index in [9.17, 15) is 8.42 Å². The van der Waals surface area contributed by atoms with Crippen LogP contribution in [0, 0.1) is 0 Å². The number of nitrogens with one attached hydrogen (secondary N) is 1. The smallest absolute Gasteiger partial charge is 0.242 e. The summed E-state index contributed by atoms with van der Waals surface area (Å²) in [5.41, 5.74) is 9.77. The number of hydrogen-bond donors (Lipinski definition) is 2. The van der Waals surface area contributed by atoms with E-state index in [2.05, 4.69) is 5.43 Å². The van der Waals surface area contributed by atoms with Crippen LogP contribution in [-0.2, 0) is 10.0 Å². The molecule has 0 fully saturated rings. The maximum absolute atomic E-state index is 11.9. The summed E-state index contributed by atoms with van der Waals surface area (Å²) in [6, 6.07) is 4.58. The Hall–Kier alpha value is -1.31. The Balaban J connectivity index is 3.22. The van der Waals surface area contributed by atoms with Gasteiger partial charge in [0.25, 0.3) is 0 Å². The average Bonchev–Trinajstić information content (AvgIpc) is 2.20. The van der Waals surface area contributed by atoms with E-state index in [0.717, 1.165) is 4.31 Å². The van der Waals surface area contributed by atoms with Crippen molar-refractivity contribution in [2.24, 2.45) is 0 Å². The molecule has 0 saturated carbocycles. The molecule has 1 aromatic carbocycles. The molecule has 0 unspecified atom stereocenters. The number of nitrogen functional groups attached to an aromatic ring is 1. The molecule has 0 aliphatic rings. The van der Waals surface area contributed by atoms with Gasteiger partial charge in [0.1, 0.15) is 0 Å². The Morgan fingerprint density at radius 3 is 2.24 bits per heavy atom. The monoisotopic (exact) mass is 258 g/mol. The normalized spacial score (nSPS) is 12.1. The Morgan fingerprint density at radius 1 is 1.18 bits per heavy atom. The van der Waals surface area contributed by atoms with Crippen LogP contribution < -0.4 is 11.2 Å². The second-order valence-electron chi connectivity index (χ2n) is 4.04. The van der Waals surface area contributed by atoms with E-state index in [1.807, 2.05) is 0 Å². The molecule has 6 nitrogen and oxygen atoms in total. The lowest BCUT2D eigenvalue weighted by molar-refractivity contribution is 0.495. The first-order valence-electron chi connectivity index (χ1n) is 5.01. The minimum absolute atomic E-state index is 0.209. The summed E-state index contributed by atoms with van der Waals surface area (Å²) in [6.07, 6.45) is 0. The standard InChI is InChI=1S/C10H18N4O2S/c1-13(2)12-10-7-8(5-6-9(10)11)17(15,16)14(3)4/h5-7,12H,11H2,1-4H3. The fourth-order valence-corrected chi connectivity index (χ4v) is 2.17. The van der Waals surface area contributed by atoms with Gasteiger partial charge in [0, 0.05) is 28.2 Å². The highest BCUT2D eigenvalue weighted by atomic mass is 32.2. The molecule has 0 radical (unpaired) electrons. The average molecular weight is 258 g/mol. The maximum atomic E-state index is 11.9. The highest BCUT2D eigenvalue weighted by Crippen LogP contribution is 2.24. The van der Waals surface area contributed by atoms with Gasteiger partial charge in [-0.1, -0.05) is 0 Å². The van der Waals surface area contributed by atoms with Gasteiger partial charge in [-0.25, -0.2) is 17.7 Å². The van der Waals surface area contributed by atoms with Gasteiger partial charge in [0.15, 0.2) is 0 Å². The quantitative estimate of drug-likeness (QED) is 0.604. The molecule has 17 heavy (non-hydrogen) atoms. The summed E-state index contributed by atoms with van der Waals surface area (Å²) >= 11 is 0. The second-order valence-corrected chi connectivity index (χ2v) is 6.19. The minimum Gasteiger partial charge on any atom is -0.397 e. The molecule has 0 saturated heterocycles. The van der Waals surface area contributed by atoms with Crippen molar-refractivity contribution in [1.82, 2.24) is 9.31 Å². The van der Waals surface area contributed by atoms with Gasteiger partial charge >= 0.3 is 0 Å². The Bertz CT molecular complexity index is 497. The van der Waals surface area contributed by atoms with Crippen molar-refractivity contribution in [2.45, 2.75) is 4.90 Å². The van der Waals surface area contributed by atoms with E-state index in [0.29, 0.717) is 11.4 Å². The van der Waals surface area contributed by atoms with Crippen LogP contribution in [0.2, 0.25) is 0 Å². The highest BCUT2D eigenvalue weighted by Gasteiger charge is 2.18. The molecule has 0 aliphatic heterocycles. The summed E-state index contributed by atoms with van der Waals surface area (Å²) in [5.74, 6) is 0. The predicted octanol–water partition coefficient (Wildman–Crippen LogP) is 0.408. The van der Waals surface area contributed by atoms with Crippen molar-refractivity contribution < 1.29 is 8.42 Å². The summed E-state index contributed by atoms with van der Waals surface area (Å²) in [4.78, 5) is 0.209. The van der Waals surface area contributed by atoms with Crippen LogP contribution in [-0.4, -0.2) is 45.9 Å². The number of hydrazine groups is 1. The van der Waals surface area contributed by atoms with E-state index in [4.69, 9.17) is 5.73 Å². The number of benzene rings is 1. The summed E-state index contributed by atoms with van der Waals surface area (Å²) in [7, 11) is 3.15. The number of anilines is 2. The molecular weight excluding hydrogens is 240 g/mol. The highest BCUT2D eigenvalue weighted by molar-refractivity contribution is 7.89. The number of hydrogen-bond acceptors (Lipinski definition) is 5. The van der Waals surface area contributed by atoms with E-state index < -0.39 is 10.0 Å². The summed E-state index contributed by atoms with van der Waals surface area (Å²) in [6.45, 7) is 0. The van der Waals surface area contributed by atoms with E-state index in [1.54, 1.807) is 25.2 Å². The fraction of sp³-hybridized carbons (Fsp3) is 0.400. The van der Waals surface area contributed by atoms with Gasteiger partial charge in [-0.05, 0) is 18.2 Å². The Labute approximate surface area is 102 Å². The van der Waals surface area contributed by atoms with Crippen molar-refractivity contribution in [3.05, 3.63) is 18.2 Å². The topological polar surface area (TPSA) is 78.7 Å². The van der Waals surface area contributed by atoms with Crippen LogP contribution in [0.4, 0.5) is 11.4 Å². The summed E-state index contributed by atoms with van der Waals surface area (Å²) in [5, 5.41) is 1.69. The van der Waals surface area contributed by atoms with Crippen molar-refractivity contribution in [3.8, 4) is 0 Å². The lowest BCUT2D eigenvalue weighted by Gasteiger charge is -2.17. The van der Waals surface area contributed by atoms with Crippen LogP contribution in [0.15, 0.2) is 23.1 Å². The van der Waals surface area contributed by atoms with Gasteiger partial charge in [0.05, 0.1) is 16.3 Å². The maximum Gasteiger partial charge on any atom is 0.242 e. The van der Waals surface area contributed by atoms with E-state index in [-0.39, 0.29) is 4.90 Å². The largest absolute Gasteiger partial charge is 0.397 e. The number of sulfonamides is 1. The lowest BCUT2D eigenvalue weighted by atomic mass is 10.3. The molecular formula is C10H18N4O2S. The summed E-state index contributed by atoms with van der Waals surface area (Å²) < 4.78 is 25.0. The molecule has 1 aromatic rings. The third-order valence-electron chi connectivity index (χ3n) is 2.15. The Kier molecular flexibility index (Phi) is 3.97. The van der Waals surface area contributed by atoms with Crippen LogP contribution in [0.1, 0.15) is 0 Å². The van der Waals surface area contributed by atoms with E-state index in [1.165, 1.54) is 26.2 Å². The first-order chi connectivity index (χ1) is 7.75. The third-order valence-corrected chi connectivity index (χ3v) is 3.96. The molecule has 0 aromatic heterocycles. The molecule has 0 bridgehead atoms. The second kappa shape index (κ2) is 4.91. The first-order valence-corrected chi connectivity index (χ1v) is 6.45. The van der Waals surface area contributed by atoms with Crippen LogP contribution >= 0.6 is 0 Å². The Morgan fingerprint density at radius 2 is 1.76 bits per heavy atom. The van der Waals surface area contributed by atoms with Crippen molar-refractivity contribution in [1.29, 1.82) is 0 Å². The van der Waals surface area contributed by atoms with Gasteiger partial charge in [-0.3, -0.25) is 0 Å². The predicted molar refractivity (Wildman–Crippen MR) is 69.0 cm³/mol. The van der Waals surface area contributed by atoms with Crippen LogP contribution in [0.25, 0.3) is 0 Å². The molecule has 96 valence electrons. The zero-order valence-corrected chi connectivity index (χ0v) is 11.2. The van der Waals surface area contributed by atoms with Crippen molar-refractivity contribution >= 4 is 21.4 Å². The SMILES string of the molecule is CN(C)Nc1cc(S(=O)(=O)N(C)C)ccc1N. The third kappa shape index (κ3) is 3.09.